The fourth-order valence-corrected chi connectivity index (χ4v) is 2.56. The second kappa shape index (κ2) is 5.37. The molecule has 0 aliphatic rings. The highest BCUT2D eigenvalue weighted by Crippen LogP contribution is 2.30. The van der Waals surface area contributed by atoms with Crippen molar-refractivity contribution in [3.05, 3.63) is 34.0 Å². The number of halogens is 1. The van der Waals surface area contributed by atoms with Gasteiger partial charge in [-0.3, -0.25) is 9.36 Å². The minimum absolute atomic E-state index is 0.0230. The summed E-state index contributed by atoms with van der Waals surface area (Å²) in [5.74, 6) is -1.37. The Morgan fingerprint density at radius 1 is 1.55 bits per heavy atom. The van der Waals surface area contributed by atoms with Crippen molar-refractivity contribution < 1.29 is 9.18 Å². The molecule has 0 aliphatic heterocycles. The van der Waals surface area contributed by atoms with Gasteiger partial charge in [0.1, 0.15) is 5.82 Å². The number of rotatable bonds is 4. The molecule has 0 fully saturated rings. The molecule has 0 saturated carbocycles. The Bertz CT molecular complexity index is 724. The summed E-state index contributed by atoms with van der Waals surface area (Å²) in [6, 6.07) is 2.26. The molecule has 0 aliphatic carbocycles. The van der Waals surface area contributed by atoms with Crippen LogP contribution in [0, 0.1) is 5.82 Å². The van der Waals surface area contributed by atoms with E-state index in [0.717, 1.165) is 17.8 Å². The van der Waals surface area contributed by atoms with E-state index in [1.807, 2.05) is 0 Å². The van der Waals surface area contributed by atoms with Gasteiger partial charge in [-0.25, -0.2) is 14.3 Å². The van der Waals surface area contributed by atoms with E-state index < -0.39 is 11.7 Å². The number of aromatic nitrogens is 3. The number of hydrogen-bond donors (Lipinski definition) is 3. The summed E-state index contributed by atoms with van der Waals surface area (Å²) >= 11 is 0.909. The van der Waals surface area contributed by atoms with Crippen molar-refractivity contribution >= 4 is 23.4 Å². The molecule has 9 heteroatoms. The van der Waals surface area contributed by atoms with Crippen molar-refractivity contribution in [2.75, 3.05) is 5.73 Å². The van der Waals surface area contributed by atoms with Gasteiger partial charge in [-0.05, 0) is 30.8 Å². The molecule has 20 heavy (non-hydrogen) atoms. The molecule has 0 saturated heterocycles. The summed E-state index contributed by atoms with van der Waals surface area (Å²) < 4.78 is 15.2. The normalized spacial score (nSPS) is 10.7. The van der Waals surface area contributed by atoms with Crippen LogP contribution in [0.1, 0.15) is 17.3 Å². The Morgan fingerprint density at radius 2 is 2.25 bits per heavy atom. The van der Waals surface area contributed by atoms with Gasteiger partial charge in [-0.1, -0.05) is 0 Å². The molecule has 0 spiro atoms. The molecule has 0 radical (unpaired) electrons. The molecule has 1 heterocycles. The van der Waals surface area contributed by atoms with Crippen molar-refractivity contribution in [1.82, 2.24) is 14.8 Å². The van der Waals surface area contributed by atoms with E-state index in [1.165, 1.54) is 10.6 Å². The first-order chi connectivity index (χ1) is 9.43. The molecular weight excluding hydrogens is 285 g/mol. The first-order valence-electron chi connectivity index (χ1n) is 5.66. The molecule has 106 valence electrons. The van der Waals surface area contributed by atoms with Crippen LogP contribution in [0.25, 0.3) is 0 Å². The number of hydrogen-bond acceptors (Lipinski definition) is 5. The van der Waals surface area contributed by atoms with E-state index in [-0.39, 0.29) is 27.0 Å². The van der Waals surface area contributed by atoms with Crippen molar-refractivity contribution in [2.45, 2.75) is 23.5 Å². The lowest BCUT2D eigenvalue weighted by Crippen LogP contribution is -2.16. The Labute approximate surface area is 117 Å². The second-order valence-electron chi connectivity index (χ2n) is 3.89. The molecule has 2 rings (SSSR count). The lowest BCUT2D eigenvalue weighted by Gasteiger charge is -2.07. The number of nitrogen functional groups attached to an aromatic ring is 1. The van der Waals surface area contributed by atoms with Crippen molar-refractivity contribution in [1.29, 1.82) is 0 Å². The summed E-state index contributed by atoms with van der Waals surface area (Å²) in [7, 11) is 0. The van der Waals surface area contributed by atoms with E-state index in [4.69, 9.17) is 11.5 Å². The molecule has 0 atom stereocenters. The highest BCUT2D eigenvalue weighted by molar-refractivity contribution is 7.99. The van der Waals surface area contributed by atoms with Crippen LogP contribution in [0.5, 0.6) is 0 Å². The van der Waals surface area contributed by atoms with E-state index in [9.17, 15) is 14.0 Å². The maximum Gasteiger partial charge on any atom is 0.343 e. The Balaban J connectivity index is 2.45. The molecule has 1 aromatic heterocycles. The number of H-pyrrole nitrogens is 1. The second-order valence-corrected chi connectivity index (χ2v) is 4.90. The molecule has 7 nitrogen and oxygen atoms in total. The number of carbonyl (C=O) groups is 1. The quantitative estimate of drug-likeness (QED) is 0.712. The third-order valence-corrected chi connectivity index (χ3v) is 3.64. The zero-order valence-corrected chi connectivity index (χ0v) is 11.3. The number of aromatic amines is 1. The van der Waals surface area contributed by atoms with Crippen molar-refractivity contribution in [3.63, 3.8) is 0 Å². The van der Waals surface area contributed by atoms with Gasteiger partial charge in [0, 0.05) is 12.2 Å². The predicted molar refractivity (Wildman–Crippen MR) is 72.0 cm³/mol. The van der Waals surface area contributed by atoms with Gasteiger partial charge in [0.25, 0.3) is 5.91 Å². The minimum Gasteiger partial charge on any atom is -0.398 e. The van der Waals surface area contributed by atoms with Gasteiger partial charge in [-0.2, -0.15) is 0 Å². The Hall–Kier alpha value is -2.29. The average Bonchev–Trinajstić information content (AvgIpc) is 2.72. The number of anilines is 1. The standard InChI is InChI=1S/C11H12FN5O2S/c1-2-17-10(19)15-16-11(17)20-8-3-5(9(14)18)7(13)4-6(8)12/h3-4H,2,13H2,1H3,(H2,14,18)(H,15,19). The highest BCUT2D eigenvalue weighted by Gasteiger charge is 2.16. The van der Waals surface area contributed by atoms with Crippen LogP contribution in [-0.2, 0) is 6.54 Å². The van der Waals surface area contributed by atoms with Crippen LogP contribution < -0.4 is 17.2 Å². The van der Waals surface area contributed by atoms with Gasteiger partial charge in [-0.15, -0.1) is 5.10 Å². The average molecular weight is 297 g/mol. The maximum absolute atomic E-state index is 13.8. The predicted octanol–water partition coefficient (Wildman–Crippen LogP) is 0.563. The molecular formula is C11H12FN5O2S. The monoisotopic (exact) mass is 297 g/mol. The van der Waals surface area contributed by atoms with E-state index >= 15 is 0 Å². The van der Waals surface area contributed by atoms with E-state index in [2.05, 4.69) is 10.2 Å². The van der Waals surface area contributed by atoms with E-state index in [0.29, 0.717) is 6.54 Å². The third-order valence-electron chi connectivity index (χ3n) is 2.61. The van der Waals surface area contributed by atoms with Crippen LogP contribution in [0.2, 0.25) is 0 Å². The first-order valence-corrected chi connectivity index (χ1v) is 6.47. The largest absolute Gasteiger partial charge is 0.398 e. The lowest BCUT2D eigenvalue weighted by molar-refractivity contribution is 0.100. The van der Waals surface area contributed by atoms with Crippen LogP contribution in [0.15, 0.2) is 27.0 Å². The molecule has 1 aromatic carbocycles. The number of nitrogens with zero attached hydrogens (tertiary/aromatic N) is 2. The van der Waals surface area contributed by atoms with Gasteiger partial charge in [0.05, 0.1) is 10.5 Å². The van der Waals surface area contributed by atoms with Gasteiger partial charge in [0.2, 0.25) is 0 Å². The zero-order valence-electron chi connectivity index (χ0n) is 10.5. The smallest absolute Gasteiger partial charge is 0.343 e. The number of carbonyl (C=O) groups excluding carboxylic acids is 1. The van der Waals surface area contributed by atoms with Gasteiger partial charge >= 0.3 is 5.69 Å². The fourth-order valence-electron chi connectivity index (χ4n) is 1.62. The van der Waals surface area contributed by atoms with Gasteiger partial charge < -0.3 is 11.5 Å². The minimum atomic E-state index is -0.751. The molecule has 0 bridgehead atoms. The van der Waals surface area contributed by atoms with Gasteiger partial charge in [0.15, 0.2) is 5.16 Å². The number of nitrogens with two attached hydrogens (primary N) is 2. The van der Waals surface area contributed by atoms with Crippen LogP contribution in [0.3, 0.4) is 0 Å². The van der Waals surface area contributed by atoms with Crippen molar-refractivity contribution in [2.24, 2.45) is 5.73 Å². The number of primary amides is 1. The van der Waals surface area contributed by atoms with Crippen LogP contribution >= 0.6 is 11.8 Å². The van der Waals surface area contributed by atoms with Crippen LogP contribution in [-0.4, -0.2) is 20.7 Å². The zero-order chi connectivity index (χ0) is 14.9. The summed E-state index contributed by atoms with van der Waals surface area (Å²) in [5.41, 5.74) is 10.3. The number of nitrogens with one attached hydrogen (secondary N) is 1. The van der Waals surface area contributed by atoms with E-state index in [1.54, 1.807) is 6.92 Å². The summed E-state index contributed by atoms with van der Waals surface area (Å²) in [4.78, 5) is 22.7. The molecule has 5 N–H and O–H groups in total. The lowest BCUT2D eigenvalue weighted by atomic mass is 10.1. The maximum atomic E-state index is 13.8. The SMILES string of the molecule is CCn1c(Sc2cc(C(N)=O)c(N)cc2F)n[nH]c1=O. The van der Waals surface area contributed by atoms with Crippen molar-refractivity contribution in [3.8, 4) is 0 Å². The fraction of sp³-hybridized carbons (Fsp3) is 0.182. The Morgan fingerprint density at radius 3 is 2.85 bits per heavy atom. The molecule has 2 aromatic rings. The Kier molecular flexibility index (Phi) is 3.79. The highest BCUT2D eigenvalue weighted by atomic mass is 32.2. The molecule has 1 amide bonds. The third kappa shape index (κ3) is 2.52. The summed E-state index contributed by atoms with van der Waals surface area (Å²) in [6.07, 6.45) is 0. The first kappa shape index (κ1) is 14.1. The number of amides is 1. The number of benzene rings is 1. The molecule has 0 unspecified atom stereocenters. The van der Waals surface area contributed by atoms with Crippen LogP contribution in [0.4, 0.5) is 10.1 Å². The summed E-state index contributed by atoms with van der Waals surface area (Å²) in [6.45, 7) is 2.14. The topological polar surface area (TPSA) is 120 Å². The summed E-state index contributed by atoms with van der Waals surface area (Å²) in [5, 5.41) is 6.36.